The number of rotatable bonds is 3. The molecule has 0 saturated carbocycles. The summed E-state index contributed by atoms with van der Waals surface area (Å²) in [6, 6.07) is 1.69. The van der Waals surface area contributed by atoms with E-state index in [1.54, 1.807) is 0 Å². The maximum atomic E-state index is 13.1. The Bertz CT molecular complexity index is 462. The molecular formula is C9H8ClFN2O3. The molecule has 0 bridgehead atoms. The molecule has 0 spiro atoms. The Balaban J connectivity index is 3.32. The SMILES string of the molecule is NC(CCl)=Nc1cc(C(=O)O)cc(F)c1O. The molecule has 86 valence electrons. The molecule has 5 nitrogen and oxygen atoms in total. The molecule has 0 saturated heterocycles. The van der Waals surface area contributed by atoms with Crippen molar-refractivity contribution in [2.75, 3.05) is 5.88 Å². The minimum Gasteiger partial charge on any atom is -0.503 e. The summed E-state index contributed by atoms with van der Waals surface area (Å²) in [7, 11) is 0. The third-order valence-corrected chi connectivity index (χ3v) is 1.97. The van der Waals surface area contributed by atoms with Crippen LogP contribution < -0.4 is 5.73 Å². The number of phenolic OH excluding ortho intramolecular Hbond substituents is 1. The van der Waals surface area contributed by atoms with E-state index in [4.69, 9.17) is 22.4 Å². The lowest BCUT2D eigenvalue weighted by atomic mass is 10.2. The van der Waals surface area contributed by atoms with Gasteiger partial charge in [0.05, 0.1) is 11.4 Å². The van der Waals surface area contributed by atoms with Gasteiger partial charge >= 0.3 is 5.97 Å². The van der Waals surface area contributed by atoms with Gasteiger partial charge in [0.15, 0.2) is 11.6 Å². The lowest BCUT2D eigenvalue weighted by Crippen LogP contribution is -2.12. The monoisotopic (exact) mass is 246 g/mol. The molecule has 0 aliphatic rings. The fourth-order valence-electron chi connectivity index (χ4n) is 0.978. The Morgan fingerprint density at radius 2 is 2.19 bits per heavy atom. The molecule has 16 heavy (non-hydrogen) atoms. The summed E-state index contributed by atoms with van der Waals surface area (Å²) in [6.07, 6.45) is 0. The van der Waals surface area contributed by atoms with E-state index in [2.05, 4.69) is 4.99 Å². The van der Waals surface area contributed by atoms with Crippen molar-refractivity contribution < 1.29 is 19.4 Å². The molecule has 0 heterocycles. The quantitative estimate of drug-likeness (QED) is 0.427. The number of hydrogen-bond acceptors (Lipinski definition) is 3. The molecule has 0 radical (unpaired) electrons. The van der Waals surface area contributed by atoms with E-state index in [-0.39, 0.29) is 23.0 Å². The average Bonchev–Trinajstić information content (AvgIpc) is 2.23. The number of carboxylic acid groups (broad SMARTS) is 1. The number of halogens is 2. The highest BCUT2D eigenvalue weighted by atomic mass is 35.5. The number of aromatic hydroxyl groups is 1. The van der Waals surface area contributed by atoms with Gasteiger partial charge in [0.2, 0.25) is 0 Å². The number of benzene rings is 1. The van der Waals surface area contributed by atoms with Crippen LogP contribution in [0.4, 0.5) is 10.1 Å². The second-order valence-corrected chi connectivity index (χ2v) is 3.13. The topological polar surface area (TPSA) is 95.9 Å². The first kappa shape index (κ1) is 12.3. The Labute approximate surface area is 95.0 Å². The third kappa shape index (κ3) is 2.60. The summed E-state index contributed by atoms with van der Waals surface area (Å²) < 4.78 is 13.1. The van der Waals surface area contributed by atoms with E-state index in [0.29, 0.717) is 6.07 Å². The number of phenols is 1. The van der Waals surface area contributed by atoms with Crippen molar-refractivity contribution in [1.29, 1.82) is 0 Å². The first-order valence-electron chi connectivity index (χ1n) is 4.10. The lowest BCUT2D eigenvalue weighted by molar-refractivity contribution is 0.0696. The molecule has 0 aliphatic heterocycles. The number of hydrogen-bond donors (Lipinski definition) is 3. The molecule has 0 atom stereocenters. The molecule has 0 amide bonds. The number of alkyl halides is 1. The zero-order valence-electron chi connectivity index (χ0n) is 7.94. The van der Waals surface area contributed by atoms with Crippen LogP contribution in [0.2, 0.25) is 0 Å². The van der Waals surface area contributed by atoms with E-state index in [0.717, 1.165) is 6.07 Å². The summed E-state index contributed by atoms with van der Waals surface area (Å²) in [5.41, 5.74) is 4.68. The molecule has 4 N–H and O–H groups in total. The Morgan fingerprint density at radius 3 is 2.69 bits per heavy atom. The van der Waals surface area contributed by atoms with E-state index in [1.165, 1.54) is 0 Å². The average molecular weight is 247 g/mol. The lowest BCUT2D eigenvalue weighted by Gasteiger charge is -2.03. The fourth-order valence-corrected chi connectivity index (χ4v) is 1.04. The van der Waals surface area contributed by atoms with Gasteiger partial charge in [-0.1, -0.05) is 0 Å². The van der Waals surface area contributed by atoms with Gasteiger partial charge < -0.3 is 15.9 Å². The zero-order chi connectivity index (χ0) is 12.3. The number of aliphatic imine (C=N–C) groups is 1. The number of nitrogens with two attached hydrogens (primary N) is 1. The van der Waals surface area contributed by atoms with Gasteiger partial charge in [-0.15, -0.1) is 11.6 Å². The van der Waals surface area contributed by atoms with Crippen molar-refractivity contribution in [3.63, 3.8) is 0 Å². The highest BCUT2D eigenvalue weighted by Crippen LogP contribution is 2.30. The maximum absolute atomic E-state index is 13.1. The van der Waals surface area contributed by atoms with Gasteiger partial charge in [0, 0.05) is 0 Å². The van der Waals surface area contributed by atoms with Gasteiger partial charge in [0.1, 0.15) is 11.5 Å². The summed E-state index contributed by atoms with van der Waals surface area (Å²) >= 11 is 5.35. The van der Waals surface area contributed by atoms with Crippen LogP contribution in [-0.2, 0) is 0 Å². The molecule has 1 rings (SSSR count). The molecule has 0 aromatic heterocycles. The Kier molecular flexibility index (Phi) is 3.68. The van der Waals surface area contributed by atoms with Crippen molar-refractivity contribution in [3.8, 4) is 5.75 Å². The van der Waals surface area contributed by atoms with Crippen LogP contribution in [-0.4, -0.2) is 27.9 Å². The molecule has 1 aromatic rings. The predicted molar refractivity (Wildman–Crippen MR) is 57.0 cm³/mol. The van der Waals surface area contributed by atoms with Crippen LogP contribution in [0.15, 0.2) is 17.1 Å². The van der Waals surface area contributed by atoms with Crippen molar-refractivity contribution in [1.82, 2.24) is 0 Å². The number of aromatic carboxylic acids is 1. The smallest absolute Gasteiger partial charge is 0.335 e. The normalized spacial score (nSPS) is 11.5. The second-order valence-electron chi connectivity index (χ2n) is 2.87. The van der Waals surface area contributed by atoms with Gasteiger partial charge in [-0.3, -0.25) is 0 Å². The number of nitrogens with zero attached hydrogens (tertiary/aromatic N) is 1. The van der Waals surface area contributed by atoms with Crippen LogP contribution in [0.1, 0.15) is 10.4 Å². The number of carboxylic acids is 1. The number of carbonyl (C=O) groups is 1. The molecule has 0 aliphatic carbocycles. The minimum absolute atomic E-state index is 0.0566. The van der Waals surface area contributed by atoms with E-state index >= 15 is 0 Å². The summed E-state index contributed by atoms with van der Waals surface area (Å²) in [4.78, 5) is 14.2. The van der Waals surface area contributed by atoms with E-state index in [9.17, 15) is 14.3 Å². The Morgan fingerprint density at radius 1 is 1.56 bits per heavy atom. The summed E-state index contributed by atoms with van der Waals surface area (Å²) in [5, 5.41) is 17.9. The molecular weight excluding hydrogens is 239 g/mol. The van der Waals surface area contributed by atoms with Crippen molar-refractivity contribution in [3.05, 3.63) is 23.5 Å². The Hall–Kier alpha value is -1.82. The zero-order valence-corrected chi connectivity index (χ0v) is 8.70. The van der Waals surface area contributed by atoms with Gasteiger partial charge in [-0.25, -0.2) is 14.2 Å². The largest absolute Gasteiger partial charge is 0.503 e. The molecule has 0 unspecified atom stereocenters. The van der Waals surface area contributed by atoms with E-state index in [1.807, 2.05) is 0 Å². The van der Waals surface area contributed by atoms with Gasteiger partial charge in [-0.05, 0) is 12.1 Å². The van der Waals surface area contributed by atoms with Gasteiger partial charge in [-0.2, -0.15) is 0 Å². The number of amidine groups is 1. The van der Waals surface area contributed by atoms with Crippen molar-refractivity contribution in [2.45, 2.75) is 0 Å². The van der Waals surface area contributed by atoms with Gasteiger partial charge in [0.25, 0.3) is 0 Å². The first-order valence-corrected chi connectivity index (χ1v) is 4.64. The molecule has 0 fully saturated rings. The highest BCUT2D eigenvalue weighted by Gasteiger charge is 2.13. The summed E-state index contributed by atoms with van der Waals surface area (Å²) in [5.74, 6) is -3.35. The standard InChI is InChI=1S/C9H8ClFN2O3/c10-3-7(12)13-6-2-4(9(15)16)1-5(11)8(6)14/h1-2,14H,3H2,(H2,12,13)(H,15,16). The minimum atomic E-state index is -1.33. The highest BCUT2D eigenvalue weighted by molar-refractivity contribution is 6.28. The predicted octanol–water partition coefficient (Wildman–Crippen LogP) is 1.46. The van der Waals surface area contributed by atoms with Crippen LogP contribution in [0.3, 0.4) is 0 Å². The van der Waals surface area contributed by atoms with Crippen LogP contribution in [0.25, 0.3) is 0 Å². The third-order valence-electron chi connectivity index (χ3n) is 1.69. The van der Waals surface area contributed by atoms with Crippen LogP contribution in [0.5, 0.6) is 5.75 Å². The molecule has 7 heteroatoms. The first-order chi connectivity index (χ1) is 7.45. The van der Waals surface area contributed by atoms with Crippen LogP contribution in [0, 0.1) is 5.82 Å². The van der Waals surface area contributed by atoms with Crippen molar-refractivity contribution >= 4 is 29.1 Å². The van der Waals surface area contributed by atoms with E-state index < -0.39 is 17.5 Å². The maximum Gasteiger partial charge on any atom is 0.335 e. The summed E-state index contributed by atoms with van der Waals surface area (Å²) in [6.45, 7) is 0. The second kappa shape index (κ2) is 4.80. The molecule has 1 aromatic carbocycles. The fraction of sp³-hybridized carbons (Fsp3) is 0.111. The van der Waals surface area contributed by atoms with Crippen LogP contribution >= 0.6 is 11.6 Å². The van der Waals surface area contributed by atoms with Crippen molar-refractivity contribution in [2.24, 2.45) is 10.7 Å².